The van der Waals surface area contributed by atoms with Gasteiger partial charge in [0.15, 0.2) is 0 Å². The summed E-state index contributed by atoms with van der Waals surface area (Å²) in [6.07, 6.45) is 5.67. The molecule has 1 aliphatic carbocycles. The topological polar surface area (TPSA) is 24.9 Å². The van der Waals surface area contributed by atoms with Crippen LogP contribution < -0.4 is 5.32 Å². The lowest BCUT2D eigenvalue weighted by molar-refractivity contribution is 0.350. The predicted octanol–water partition coefficient (Wildman–Crippen LogP) is 4.03. The molecule has 1 heterocycles. The molecular formula is C13H19ClN2. The Kier molecular flexibility index (Phi) is 3.11. The van der Waals surface area contributed by atoms with Gasteiger partial charge in [-0.1, -0.05) is 31.9 Å². The third-order valence-electron chi connectivity index (χ3n) is 3.61. The zero-order chi connectivity index (χ0) is 11.8. The standard InChI is InChI=1S/C13H19ClN2/c1-9-7-10(8-15-12(9)14)16-11-5-4-6-13(11,2)3/h7-8,11,16H,4-6H2,1-3H3. The van der Waals surface area contributed by atoms with Crippen LogP contribution in [0.15, 0.2) is 12.3 Å². The van der Waals surface area contributed by atoms with Gasteiger partial charge < -0.3 is 5.32 Å². The molecule has 0 aliphatic heterocycles. The van der Waals surface area contributed by atoms with Crippen LogP contribution in [0.1, 0.15) is 38.7 Å². The van der Waals surface area contributed by atoms with E-state index in [-0.39, 0.29) is 0 Å². The first-order valence-corrected chi connectivity index (χ1v) is 6.25. The van der Waals surface area contributed by atoms with Gasteiger partial charge in [-0.2, -0.15) is 0 Å². The lowest BCUT2D eigenvalue weighted by Gasteiger charge is -2.28. The summed E-state index contributed by atoms with van der Waals surface area (Å²) in [4.78, 5) is 4.17. The minimum atomic E-state index is 0.382. The van der Waals surface area contributed by atoms with Crippen LogP contribution in [-0.4, -0.2) is 11.0 Å². The van der Waals surface area contributed by atoms with Crippen LogP contribution in [0.3, 0.4) is 0 Å². The fraction of sp³-hybridized carbons (Fsp3) is 0.615. The number of anilines is 1. The lowest BCUT2D eigenvalue weighted by Crippen LogP contribution is -2.30. The number of rotatable bonds is 2. The zero-order valence-corrected chi connectivity index (χ0v) is 10.9. The monoisotopic (exact) mass is 238 g/mol. The highest BCUT2D eigenvalue weighted by Gasteiger charge is 2.34. The van der Waals surface area contributed by atoms with Gasteiger partial charge in [0, 0.05) is 6.04 Å². The van der Waals surface area contributed by atoms with Crippen LogP contribution in [0, 0.1) is 12.3 Å². The Hall–Kier alpha value is -0.760. The Balaban J connectivity index is 2.12. The smallest absolute Gasteiger partial charge is 0.132 e. The third-order valence-corrected chi connectivity index (χ3v) is 4.01. The minimum absolute atomic E-state index is 0.382. The van der Waals surface area contributed by atoms with Crippen LogP contribution in [0.25, 0.3) is 0 Å². The van der Waals surface area contributed by atoms with Gasteiger partial charge in [0.05, 0.1) is 11.9 Å². The van der Waals surface area contributed by atoms with E-state index in [9.17, 15) is 0 Å². The van der Waals surface area contributed by atoms with E-state index >= 15 is 0 Å². The Morgan fingerprint density at radius 2 is 2.25 bits per heavy atom. The molecule has 0 amide bonds. The molecule has 0 saturated heterocycles. The van der Waals surface area contributed by atoms with Crippen molar-refractivity contribution in [2.75, 3.05) is 5.32 Å². The SMILES string of the molecule is Cc1cc(NC2CCCC2(C)C)cnc1Cl. The molecule has 1 N–H and O–H groups in total. The molecule has 1 fully saturated rings. The van der Waals surface area contributed by atoms with Crippen molar-refractivity contribution < 1.29 is 0 Å². The molecular weight excluding hydrogens is 220 g/mol. The third kappa shape index (κ3) is 2.32. The number of nitrogens with zero attached hydrogens (tertiary/aromatic N) is 1. The summed E-state index contributed by atoms with van der Waals surface area (Å²) in [5.41, 5.74) is 2.50. The Morgan fingerprint density at radius 3 is 2.81 bits per heavy atom. The fourth-order valence-corrected chi connectivity index (χ4v) is 2.54. The first-order chi connectivity index (χ1) is 7.49. The average Bonchev–Trinajstić information content (AvgIpc) is 2.52. The molecule has 0 aromatic carbocycles. The van der Waals surface area contributed by atoms with E-state index in [2.05, 4.69) is 30.2 Å². The minimum Gasteiger partial charge on any atom is -0.381 e. The van der Waals surface area contributed by atoms with Crippen molar-refractivity contribution in [3.05, 3.63) is 23.0 Å². The molecule has 1 aliphatic rings. The molecule has 16 heavy (non-hydrogen) atoms. The lowest BCUT2D eigenvalue weighted by atomic mass is 9.87. The Labute approximate surface area is 102 Å². The summed E-state index contributed by atoms with van der Waals surface area (Å²) < 4.78 is 0. The number of aromatic nitrogens is 1. The maximum absolute atomic E-state index is 5.91. The first kappa shape index (κ1) is 11.7. The highest BCUT2D eigenvalue weighted by Crippen LogP contribution is 2.39. The summed E-state index contributed by atoms with van der Waals surface area (Å²) in [7, 11) is 0. The van der Waals surface area contributed by atoms with Gasteiger partial charge >= 0.3 is 0 Å². The van der Waals surface area contributed by atoms with Crippen molar-refractivity contribution in [2.24, 2.45) is 5.41 Å². The van der Waals surface area contributed by atoms with Crippen molar-refractivity contribution in [1.82, 2.24) is 4.98 Å². The van der Waals surface area contributed by atoms with Crippen LogP contribution in [-0.2, 0) is 0 Å². The van der Waals surface area contributed by atoms with Crippen LogP contribution in [0.2, 0.25) is 5.15 Å². The van der Waals surface area contributed by atoms with E-state index in [0.717, 1.165) is 11.3 Å². The van der Waals surface area contributed by atoms with E-state index in [4.69, 9.17) is 11.6 Å². The van der Waals surface area contributed by atoms with Gasteiger partial charge in [0.25, 0.3) is 0 Å². The van der Waals surface area contributed by atoms with Crippen molar-refractivity contribution in [3.63, 3.8) is 0 Å². The second-order valence-corrected chi connectivity index (χ2v) is 5.77. The van der Waals surface area contributed by atoms with Gasteiger partial charge in [0.1, 0.15) is 5.15 Å². The van der Waals surface area contributed by atoms with E-state index in [1.165, 1.54) is 19.3 Å². The number of hydrogen-bond acceptors (Lipinski definition) is 2. The van der Waals surface area contributed by atoms with Crippen molar-refractivity contribution in [3.8, 4) is 0 Å². The predicted molar refractivity (Wildman–Crippen MR) is 69.0 cm³/mol. The molecule has 1 aromatic rings. The molecule has 3 heteroatoms. The average molecular weight is 239 g/mol. The molecule has 88 valence electrons. The van der Waals surface area contributed by atoms with Crippen LogP contribution in [0.5, 0.6) is 0 Å². The molecule has 1 atom stereocenters. The van der Waals surface area contributed by atoms with Gasteiger partial charge in [-0.15, -0.1) is 0 Å². The molecule has 0 spiro atoms. The summed E-state index contributed by atoms with van der Waals surface area (Å²) in [6, 6.07) is 2.62. The maximum atomic E-state index is 5.91. The summed E-state index contributed by atoms with van der Waals surface area (Å²) in [5, 5.41) is 4.17. The van der Waals surface area contributed by atoms with Crippen molar-refractivity contribution in [2.45, 2.75) is 46.1 Å². The van der Waals surface area contributed by atoms with Gasteiger partial charge in [-0.25, -0.2) is 4.98 Å². The number of hydrogen-bond donors (Lipinski definition) is 1. The van der Waals surface area contributed by atoms with E-state index in [1.54, 1.807) is 0 Å². The molecule has 0 radical (unpaired) electrons. The molecule has 1 unspecified atom stereocenters. The Morgan fingerprint density at radius 1 is 1.50 bits per heavy atom. The first-order valence-electron chi connectivity index (χ1n) is 5.88. The Bertz CT molecular complexity index is 388. The van der Waals surface area contributed by atoms with Gasteiger partial charge in [-0.3, -0.25) is 0 Å². The molecule has 1 aromatic heterocycles. The van der Waals surface area contributed by atoms with Crippen LogP contribution in [0.4, 0.5) is 5.69 Å². The van der Waals surface area contributed by atoms with E-state index in [1.807, 2.05) is 13.1 Å². The zero-order valence-electron chi connectivity index (χ0n) is 10.2. The summed E-state index contributed by atoms with van der Waals surface area (Å²) in [6.45, 7) is 6.64. The van der Waals surface area contributed by atoms with E-state index in [0.29, 0.717) is 16.6 Å². The molecule has 1 saturated carbocycles. The highest BCUT2D eigenvalue weighted by atomic mass is 35.5. The van der Waals surface area contributed by atoms with Crippen LogP contribution >= 0.6 is 11.6 Å². The summed E-state index contributed by atoms with van der Waals surface area (Å²) in [5.74, 6) is 0. The van der Waals surface area contributed by atoms with Crippen molar-refractivity contribution >= 4 is 17.3 Å². The second-order valence-electron chi connectivity index (χ2n) is 5.41. The maximum Gasteiger partial charge on any atom is 0.132 e. The normalized spacial score (nSPS) is 23.4. The summed E-state index contributed by atoms with van der Waals surface area (Å²) >= 11 is 5.91. The number of nitrogens with one attached hydrogen (secondary N) is 1. The van der Waals surface area contributed by atoms with Gasteiger partial charge in [-0.05, 0) is 36.8 Å². The van der Waals surface area contributed by atoms with Crippen molar-refractivity contribution in [1.29, 1.82) is 0 Å². The molecule has 2 rings (SSSR count). The van der Waals surface area contributed by atoms with E-state index < -0.39 is 0 Å². The molecule has 0 bridgehead atoms. The molecule has 2 nitrogen and oxygen atoms in total. The fourth-order valence-electron chi connectivity index (χ4n) is 2.43. The highest BCUT2D eigenvalue weighted by molar-refractivity contribution is 6.30. The van der Waals surface area contributed by atoms with Gasteiger partial charge in [0.2, 0.25) is 0 Å². The number of pyridine rings is 1. The number of halogens is 1. The number of aryl methyl sites for hydroxylation is 1. The largest absolute Gasteiger partial charge is 0.381 e. The quantitative estimate of drug-likeness (QED) is 0.787. The second kappa shape index (κ2) is 4.25.